The summed E-state index contributed by atoms with van der Waals surface area (Å²) in [5.41, 5.74) is 1.91. The molecule has 74 valence electrons. The number of thiol groups is 1. The first kappa shape index (κ1) is 9.59. The molecular weight excluding hydrogens is 194 g/mol. The molecule has 1 amide bonds. The van der Waals surface area contributed by atoms with Gasteiger partial charge in [0.2, 0.25) is 0 Å². The van der Waals surface area contributed by atoms with E-state index in [1.54, 1.807) is 0 Å². The van der Waals surface area contributed by atoms with E-state index in [4.69, 9.17) is 0 Å². The van der Waals surface area contributed by atoms with Crippen LogP contribution in [0.2, 0.25) is 0 Å². The van der Waals surface area contributed by atoms with Crippen LogP contribution < -0.4 is 0 Å². The van der Waals surface area contributed by atoms with Crippen molar-refractivity contribution < 1.29 is 4.79 Å². The lowest BCUT2D eigenvalue weighted by Crippen LogP contribution is -2.51. The van der Waals surface area contributed by atoms with Crippen molar-refractivity contribution in [3.8, 4) is 0 Å². The van der Waals surface area contributed by atoms with Gasteiger partial charge in [0.25, 0.3) is 5.91 Å². The van der Waals surface area contributed by atoms with Gasteiger partial charge in [-0.1, -0.05) is 17.7 Å². The van der Waals surface area contributed by atoms with Crippen molar-refractivity contribution in [2.24, 2.45) is 0 Å². The first-order valence-electron chi connectivity index (χ1n) is 4.71. The number of likely N-dealkylation sites (tertiary alicyclic amines) is 1. The third kappa shape index (κ3) is 1.77. The van der Waals surface area contributed by atoms with E-state index in [0.717, 1.165) is 24.2 Å². The van der Waals surface area contributed by atoms with Crippen LogP contribution >= 0.6 is 12.6 Å². The molecule has 1 aliphatic heterocycles. The molecule has 0 spiro atoms. The summed E-state index contributed by atoms with van der Waals surface area (Å²) in [5, 5.41) is 0.365. The maximum Gasteiger partial charge on any atom is 0.253 e. The minimum atomic E-state index is 0.124. The Balaban J connectivity index is 2.12. The van der Waals surface area contributed by atoms with Gasteiger partial charge in [-0.25, -0.2) is 0 Å². The molecule has 0 atom stereocenters. The quantitative estimate of drug-likeness (QED) is 0.696. The van der Waals surface area contributed by atoms with Crippen LogP contribution in [0.1, 0.15) is 15.9 Å². The summed E-state index contributed by atoms with van der Waals surface area (Å²) in [7, 11) is 0. The average molecular weight is 207 g/mol. The summed E-state index contributed by atoms with van der Waals surface area (Å²) in [5.74, 6) is 0.124. The molecule has 1 saturated heterocycles. The van der Waals surface area contributed by atoms with Crippen molar-refractivity contribution in [2.75, 3.05) is 13.1 Å². The third-order valence-corrected chi connectivity index (χ3v) is 2.74. The van der Waals surface area contributed by atoms with E-state index in [-0.39, 0.29) is 5.91 Å². The van der Waals surface area contributed by atoms with Gasteiger partial charge in [0.15, 0.2) is 0 Å². The van der Waals surface area contributed by atoms with Crippen LogP contribution in [0.15, 0.2) is 24.3 Å². The second-order valence-electron chi connectivity index (χ2n) is 3.73. The van der Waals surface area contributed by atoms with Crippen molar-refractivity contribution in [3.05, 3.63) is 35.4 Å². The van der Waals surface area contributed by atoms with Gasteiger partial charge in [0.1, 0.15) is 0 Å². The van der Waals surface area contributed by atoms with Crippen LogP contribution in [0.5, 0.6) is 0 Å². The Kier molecular flexibility index (Phi) is 2.50. The number of hydrogen-bond donors (Lipinski definition) is 1. The van der Waals surface area contributed by atoms with Crippen molar-refractivity contribution in [1.82, 2.24) is 4.90 Å². The Hall–Kier alpha value is -0.960. The lowest BCUT2D eigenvalue weighted by Gasteiger charge is -2.36. The largest absolute Gasteiger partial charge is 0.336 e. The highest BCUT2D eigenvalue weighted by atomic mass is 32.1. The minimum Gasteiger partial charge on any atom is -0.336 e. The van der Waals surface area contributed by atoms with Crippen molar-refractivity contribution in [1.29, 1.82) is 0 Å². The van der Waals surface area contributed by atoms with E-state index in [1.807, 2.05) is 36.1 Å². The molecule has 1 heterocycles. The zero-order chi connectivity index (χ0) is 10.1. The minimum absolute atomic E-state index is 0.124. The normalized spacial score (nSPS) is 16.6. The molecule has 2 nitrogen and oxygen atoms in total. The molecule has 3 heteroatoms. The van der Waals surface area contributed by atoms with E-state index >= 15 is 0 Å². The molecule has 0 aromatic heterocycles. The van der Waals surface area contributed by atoms with Gasteiger partial charge >= 0.3 is 0 Å². The number of aryl methyl sites for hydroxylation is 1. The highest BCUT2D eigenvalue weighted by Gasteiger charge is 2.28. The molecular formula is C11H13NOS. The monoisotopic (exact) mass is 207 g/mol. The fourth-order valence-electron chi connectivity index (χ4n) is 1.58. The molecule has 1 aliphatic rings. The number of benzene rings is 1. The lowest BCUT2D eigenvalue weighted by atomic mass is 10.1. The van der Waals surface area contributed by atoms with E-state index in [0.29, 0.717) is 5.25 Å². The molecule has 2 rings (SSSR count). The molecule has 1 fully saturated rings. The molecule has 0 saturated carbocycles. The van der Waals surface area contributed by atoms with Crippen molar-refractivity contribution in [2.45, 2.75) is 12.2 Å². The van der Waals surface area contributed by atoms with E-state index in [2.05, 4.69) is 12.6 Å². The van der Waals surface area contributed by atoms with Crippen LogP contribution in [0, 0.1) is 6.92 Å². The van der Waals surface area contributed by atoms with Gasteiger partial charge in [-0.3, -0.25) is 4.79 Å². The number of amides is 1. The predicted octanol–water partition coefficient (Wildman–Crippen LogP) is 1.75. The molecule has 0 bridgehead atoms. The first-order valence-corrected chi connectivity index (χ1v) is 5.22. The molecule has 14 heavy (non-hydrogen) atoms. The number of carbonyl (C=O) groups excluding carboxylic acids is 1. The van der Waals surface area contributed by atoms with Crippen LogP contribution in [0.25, 0.3) is 0 Å². The van der Waals surface area contributed by atoms with E-state index < -0.39 is 0 Å². The Bertz CT molecular complexity index is 358. The maximum atomic E-state index is 11.8. The van der Waals surface area contributed by atoms with Gasteiger partial charge in [0.05, 0.1) is 0 Å². The highest BCUT2D eigenvalue weighted by Crippen LogP contribution is 2.17. The number of hydrogen-bond acceptors (Lipinski definition) is 2. The van der Waals surface area contributed by atoms with Crippen LogP contribution in [0.4, 0.5) is 0 Å². The fraction of sp³-hybridized carbons (Fsp3) is 0.364. The smallest absolute Gasteiger partial charge is 0.253 e. The zero-order valence-electron chi connectivity index (χ0n) is 8.10. The van der Waals surface area contributed by atoms with Crippen LogP contribution in [-0.2, 0) is 0 Å². The molecule has 0 N–H and O–H groups in total. The third-order valence-electron chi connectivity index (χ3n) is 2.41. The molecule has 1 aromatic rings. The van der Waals surface area contributed by atoms with Crippen molar-refractivity contribution >= 4 is 18.5 Å². The zero-order valence-corrected chi connectivity index (χ0v) is 9.00. The van der Waals surface area contributed by atoms with Gasteiger partial charge < -0.3 is 4.90 Å². The van der Waals surface area contributed by atoms with Crippen LogP contribution in [-0.4, -0.2) is 29.1 Å². The summed E-state index contributed by atoms with van der Waals surface area (Å²) in [6, 6.07) is 7.70. The topological polar surface area (TPSA) is 20.3 Å². The molecule has 0 unspecified atom stereocenters. The molecule has 0 radical (unpaired) electrons. The molecule has 1 aromatic carbocycles. The predicted molar refractivity (Wildman–Crippen MR) is 59.9 cm³/mol. The second kappa shape index (κ2) is 3.65. The van der Waals surface area contributed by atoms with Gasteiger partial charge in [-0.2, -0.15) is 12.6 Å². The lowest BCUT2D eigenvalue weighted by molar-refractivity contribution is 0.0665. The summed E-state index contributed by atoms with van der Waals surface area (Å²) in [6.45, 7) is 3.54. The highest BCUT2D eigenvalue weighted by molar-refractivity contribution is 7.81. The summed E-state index contributed by atoms with van der Waals surface area (Å²) < 4.78 is 0. The standard InChI is InChI=1S/C11H13NOS/c1-8-3-2-4-9(5-8)11(13)12-6-10(14)7-12/h2-5,10,14H,6-7H2,1H3. The van der Waals surface area contributed by atoms with Gasteiger partial charge in [-0.05, 0) is 19.1 Å². The molecule has 0 aliphatic carbocycles. The van der Waals surface area contributed by atoms with Crippen molar-refractivity contribution in [3.63, 3.8) is 0 Å². The van der Waals surface area contributed by atoms with Gasteiger partial charge in [0, 0.05) is 23.9 Å². The van der Waals surface area contributed by atoms with E-state index in [9.17, 15) is 4.79 Å². The van der Waals surface area contributed by atoms with E-state index in [1.165, 1.54) is 0 Å². The Labute approximate surface area is 89.3 Å². The summed E-state index contributed by atoms with van der Waals surface area (Å²) in [4.78, 5) is 13.6. The Morgan fingerprint density at radius 3 is 2.79 bits per heavy atom. The summed E-state index contributed by atoms with van der Waals surface area (Å²) >= 11 is 4.28. The number of rotatable bonds is 1. The second-order valence-corrected chi connectivity index (χ2v) is 4.46. The maximum absolute atomic E-state index is 11.8. The Morgan fingerprint density at radius 1 is 1.50 bits per heavy atom. The number of nitrogens with zero attached hydrogens (tertiary/aromatic N) is 1. The number of carbonyl (C=O) groups is 1. The average Bonchev–Trinajstić information content (AvgIpc) is 2.12. The van der Waals surface area contributed by atoms with Gasteiger partial charge in [-0.15, -0.1) is 0 Å². The first-order chi connectivity index (χ1) is 6.66. The SMILES string of the molecule is Cc1cccc(C(=O)N2CC(S)C2)c1. The summed E-state index contributed by atoms with van der Waals surface area (Å²) in [6.07, 6.45) is 0. The van der Waals surface area contributed by atoms with Crippen LogP contribution in [0.3, 0.4) is 0 Å². The fourth-order valence-corrected chi connectivity index (χ4v) is 1.98. The Morgan fingerprint density at radius 2 is 2.21 bits per heavy atom.